The van der Waals surface area contributed by atoms with Crippen LogP contribution in [0.2, 0.25) is 0 Å². The Morgan fingerprint density at radius 1 is 1.29 bits per heavy atom. The summed E-state index contributed by atoms with van der Waals surface area (Å²) in [6.45, 7) is 2.86. The van der Waals surface area contributed by atoms with Crippen LogP contribution in [-0.4, -0.2) is 24.8 Å². The molecule has 1 aliphatic rings. The highest BCUT2D eigenvalue weighted by atomic mass is 16.3. The maximum atomic E-state index is 10.2. The lowest BCUT2D eigenvalue weighted by molar-refractivity contribution is 0.117. The van der Waals surface area contributed by atoms with Gasteiger partial charge in [0.2, 0.25) is 0 Å². The molecule has 1 atom stereocenters. The Morgan fingerprint density at radius 2 is 1.94 bits per heavy atom. The number of aryl methyl sites for hydroxylation is 1. The van der Waals surface area contributed by atoms with Gasteiger partial charge >= 0.3 is 0 Å². The van der Waals surface area contributed by atoms with Crippen LogP contribution in [0.5, 0.6) is 0 Å². The highest BCUT2D eigenvalue weighted by Crippen LogP contribution is 2.29. The molecule has 2 heteroatoms. The number of nitrogens with zero attached hydrogens (tertiary/aromatic N) is 1. The normalized spacial score (nSPS) is 18.3. The van der Waals surface area contributed by atoms with E-state index in [1.54, 1.807) is 0 Å². The van der Waals surface area contributed by atoms with Gasteiger partial charge in [-0.25, -0.2) is 0 Å². The lowest BCUT2D eigenvalue weighted by atomic mass is 10.0. The molecule has 1 aromatic carbocycles. The topological polar surface area (TPSA) is 23.5 Å². The van der Waals surface area contributed by atoms with Gasteiger partial charge in [-0.05, 0) is 37.3 Å². The van der Waals surface area contributed by atoms with Crippen LogP contribution in [0.1, 0.15) is 31.2 Å². The smallest absolute Gasteiger partial charge is 0.0743 e. The number of aliphatic hydroxyl groups is 1. The van der Waals surface area contributed by atoms with E-state index in [1.165, 1.54) is 36.9 Å². The highest BCUT2D eigenvalue weighted by Gasteiger charge is 2.24. The SMILES string of the molecule is Cc1ccccc1N(C)CC(O)C1CCCC1. The van der Waals surface area contributed by atoms with E-state index in [4.69, 9.17) is 0 Å². The number of benzene rings is 1. The second-order valence-electron chi connectivity index (χ2n) is 5.28. The van der Waals surface area contributed by atoms with Crippen molar-refractivity contribution in [3.05, 3.63) is 29.8 Å². The Kier molecular flexibility index (Phi) is 4.06. The van der Waals surface area contributed by atoms with Crippen molar-refractivity contribution in [1.82, 2.24) is 0 Å². The number of para-hydroxylation sites is 1. The molecule has 2 rings (SSSR count). The fourth-order valence-electron chi connectivity index (χ4n) is 2.86. The molecule has 0 heterocycles. The summed E-state index contributed by atoms with van der Waals surface area (Å²) < 4.78 is 0. The first-order valence-corrected chi connectivity index (χ1v) is 6.63. The lowest BCUT2D eigenvalue weighted by Gasteiger charge is -2.27. The Labute approximate surface area is 104 Å². The quantitative estimate of drug-likeness (QED) is 0.864. The van der Waals surface area contributed by atoms with Gasteiger partial charge in [-0.3, -0.25) is 0 Å². The summed E-state index contributed by atoms with van der Waals surface area (Å²) in [5.74, 6) is 0.515. The van der Waals surface area contributed by atoms with E-state index in [0.717, 1.165) is 6.54 Å². The first kappa shape index (κ1) is 12.4. The molecule has 0 saturated heterocycles. The van der Waals surface area contributed by atoms with E-state index < -0.39 is 0 Å². The maximum absolute atomic E-state index is 10.2. The van der Waals surface area contributed by atoms with Crippen molar-refractivity contribution in [3.8, 4) is 0 Å². The molecule has 0 radical (unpaired) electrons. The van der Waals surface area contributed by atoms with Crippen LogP contribution in [-0.2, 0) is 0 Å². The van der Waals surface area contributed by atoms with E-state index in [2.05, 4.69) is 43.1 Å². The van der Waals surface area contributed by atoms with Crippen molar-refractivity contribution < 1.29 is 5.11 Å². The monoisotopic (exact) mass is 233 g/mol. The molecule has 1 N–H and O–H groups in total. The third kappa shape index (κ3) is 3.01. The molecule has 0 bridgehead atoms. The van der Waals surface area contributed by atoms with Gasteiger partial charge < -0.3 is 10.0 Å². The van der Waals surface area contributed by atoms with Crippen molar-refractivity contribution in [2.24, 2.45) is 5.92 Å². The second-order valence-corrected chi connectivity index (χ2v) is 5.28. The minimum Gasteiger partial charge on any atom is -0.391 e. The minimum absolute atomic E-state index is 0.179. The Bertz CT molecular complexity index is 358. The van der Waals surface area contributed by atoms with Gasteiger partial charge in [-0.1, -0.05) is 31.0 Å². The van der Waals surface area contributed by atoms with Gasteiger partial charge in [0.15, 0.2) is 0 Å². The molecule has 0 aliphatic heterocycles. The van der Waals surface area contributed by atoms with Crippen molar-refractivity contribution in [2.75, 3.05) is 18.5 Å². The molecule has 1 fully saturated rings. The predicted octanol–water partition coefficient (Wildman–Crippen LogP) is 2.98. The average Bonchev–Trinajstić information content (AvgIpc) is 2.82. The van der Waals surface area contributed by atoms with Crippen LogP contribution in [0.3, 0.4) is 0 Å². The van der Waals surface area contributed by atoms with Crippen LogP contribution in [0.25, 0.3) is 0 Å². The van der Waals surface area contributed by atoms with Crippen molar-refractivity contribution in [2.45, 2.75) is 38.7 Å². The molecule has 1 aliphatic carbocycles. The summed E-state index contributed by atoms with van der Waals surface area (Å²) in [5.41, 5.74) is 2.50. The summed E-state index contributed by atoms with van der Waals surface area (Å²) in [6.07, 6.45) is 4.79. The van der Waals surface area contributed by atoms with Crippen molar-refractivity contribution >= 4 is 5.69 Å². The maximum Gasteiger partial charge on any atom is 0.0743 e. The van der Waals surface area contributed by atoms with E-state index in [0.29, 0.717) is 5.92 Å². The Hall–Kier alpha value is -1.02. The van der Waals surface area contributed by atoms with E-state index >= 15 is 0 Å². The van der Waals surface area contributed by atoms with E-state index in [9.17, 15) is 5.11 Å². The molecular weight excluding hydrogens is 210 g/mol. The van der Waals surface area contributed by atoms with Crippen LogP contribution in [0.15, 0.2) is 24.3 Å². The molecule has 1 unspecified atom stereocenters. The zero-order valence-electron chi connectivity index (χ0n) is 10.9. The number of rotatable bonds is 4. The van der Waals surface area contributed by atoms with Gasteiger partial charge in [0.1, 0.15) is 0 Å². The number of likely N-dealkylation sites (N-methyl/N-ethyl adjacent to an activating group) is 1. The highest BCUT2D eigenvalue weighted by molar-refractivity contribution is 5.52. The molecule has 1 saturated carbocycles. The number of hydrogen-bond donors (Lipinski definition) is 1. The third-order valence-corrected chi connectivity index (χ3v) is 3.93. The summed E-state index contributed by atoms with van der Waals surface area (Å²) >= 11 is 0. The molecule has 0 aromatic heterocycles. The van der Waals surface area contributed by atoms with Crippen molar-refractivity contribution in [3.63, 3.8) is 0 Å². The summed E-state index contributed by atoms with van der Waals surface area (Å²) in [6, 6.07) is 8.35. The summed E-state index contributed by atoms with van der Waals surface area (Å²) in [7, 11) is 2.07. The Morgan fingerprint density at radius 3 is 2.59 bits per heavy atom. The minimum atomic E-state index is -0.179. The van der Waals surface area contributed by atoms with Crippen LogP contribution in [0.4, 0.5) is 5.69 Å². The van der Waals surface area contributed by atoms with Gasteiger partial charge in [0.25, 0.3) is 0 Å². The summed E-state index contributed by atoms with van der Waals surface area (Å²) in [4.78, 5) is 2.18. The van der Waals surface area contributed by atoms with E-state index in [1.807, 2.05) is 0 Å². The first-order chi connectivity index (χ1) is 8.18. The molecule has 0 amide bonds. The van der Waals surface area contributed by atoms with E-state index in [-0.39, 0.29) is 6.10 Å². The zero-order chi connectivity index (χ0) is 12.3. The fourth-order valence-corrected chi connectivity index (χ4v) is 2.86. The molecule has 1 aromatic rings. The standard InChI is InChI=1S/C15H23NO/c1-12-7-3-6-10-14(12)16(2)11-15(17)13-8-4-5-9-13/h3,6-7,10,13,15,17H,4-5,8-9,11H2,1-2H3. The molecule has 0 spiro atoms. The molecule has 17 heavy (non-hydrogen) atoms. The average molecular weight is 233 g/mol. The molecular formula is C15H23NO. The number of aliphatic hydroxyl groups excluding tert-OH is 1. The fraction of sp³-hybridized carbons (Fsp3) is 0.600. The largest absolute Gasteiger partial charge is 0.391 e. The zero-order valence-corrected chi connectivity index (χ0v) is 10.9. The lowest BCUT2D eigenvalue weighted by Crippen LogP contribution is -2.33. The van der Waals surface area contributed by atoms with Crippen LogP contribution >= 0.6 is 0 Å². The molecule has 94 valence electrons. The number of hydrogen-bond acceptors (Lipinski definition) is 2. The van der Waals surface area contributed by atoms with Crippen molar-refractivity contribution in [1.29, 1.82) is 0 Å². The Balaban J connectivity index is 1.96. The van der Waals surface area contributed by atoms with Gasteiger partial charge in [-0.15, -0.1) is 0 Å². The second kappa shape index (κ2) is 5.54. The van der Waals surface area contributed by atoms with Gasteiger partial charge in [0.05, 0.1) is 6.10 Å². The van der Waals surface area contributed by atoms with Crippen LogP contribution in [0, 0.1) is 12.8 Å². The number of anilines is 1. The van der Waals surface area contributed by atoms with Gasteiger partial charge in [-0.2, -0.15) is 0 Å². The van der Waals surface area contributed by atoms with Crippen LogP contribution < -0.4 is 4.90 Å². The molecule has 2 nitrogen and oxygen atoms in total. The summed E-state index contributed by atoms with van der Waals surface area (Å²) in [5, 5.41) is 10.2. The third-order valence-electron chi connectivity index (χ3n) is 3.93. The first-order valence-electron chi connectivity index (χ1n) is 6.63. The predicted molar refractivity (Wildman–Crippen MR) is 72.4 cm³/mol. The van der Waals surface area contributed by atoms with Gasteiger partial charge in [0, 0.05) is 19.3 Å².